The second-order valence-electron chi connectivity index (χ2n) is 3.97. The molecule has 4 nitrogen and oxygen atoms in total. The summed E-state index contributed by atoms with van der Waals surface area (Å²) in [5.41, 5.74) is 9.83. The summed E-state index contributed by atoms with van der Waals surface area (Å²) in [7, 11) is 0. The molecule has 3 aromatic rings. The van der Waals surface area contributed by atoms with Crippen LogP contribution >= 0.6 is 0 Å². The van der Waals surface area contributed by atoms with Gasteiger partial charge in [-0.3, -0.25) is 9.38 Å². The molecule has 0 saturated heterocycles. The second-order valence-corrected chi connectivity index (χ2v) is 3.97. The van der Waals surface area contributed by atoms with Crippen molar-refractivity contribution in [3.8, 4) is 11.3 Å². The van der Waals surface area contributed by atoms with Gasteiger partial charge in [0, 0.05) is 24.2 Å². The predicted octanol–water partition coefficient (Wildman–Crippen LogP) is 2.29. The maximum Gasteiger partial charge on any atom is 0.142 e. The number of aromatic nitrogens is 3. The van der Waals surface area contributed by atoms with Gasteiger partial charge in [-0.15, -0.1) is 0 Å². The number of imidazole rings is 1. The summed E-state index contributed by atoms with van der Waals surface area (Å²) in [5.74, 6) is 0.650. The highest BCUT2D eigenvalue weighted by molar-refractivity contribution is 5.75. The molecule has 3 aromatic heterocycles. The normalized spacial score (nSPS) is 10.9. The minimum absolute atomic E-state index is 0.650. The Kier molecular flexibility index (Phi) is 2.08. The number of nitrogens with two attached hydrogens (primary N) is 1. The van der Waals surface area contributed by atoms with Gasteiger partial charge in [0.2, 0.25) is 0 Å². The van der Waals surface area contributed by atoms with Crippen LogP contribution in [-0.2, 0) is 0 Å². The van der Waals surface area contributed by atoms with E-state index in [1.165, 1.54) is 0 Å². The van der Waals surface area contributed by atoms with Crippen molar-refractivity contribution in [2.24, 2.45) is 0 Å². The first-order valence-electron chi connectivity index (χ1n) is 5.41. The third-order valence-electron chi connectivity index (χ3n) is 2.82. The van der Waals surface area contributed by atoms with E-state index in [2.05, 4.69) is 9.97 Å². The molecule has 0 spiro atoms. The molecular formula is C13H12N4. The van der Waals surface area contributed by atoms with Crippen molar-refractivity contribution >= 4 is 11.5 Å². The molecule has 0 bridgehead atoms. The van der Waals surface area contributed by atoms with Gasteiger partial charge in [0.1, 0.15) is 17.2 Å². The van der Waals surface area contributed by atoms with Crippen LogP contribution in [0.2, 0.25) is 0 Å². The van der Waals surface area contributed by atoms with Crippen LogP contribution in [0.3, 0.4) is 0 Å². The number of pyridine rings is 2. The molecular weight excluding hydrogens is 212 g/mol. The standard InChI is InChI=1S/C13H12N4/c1-9-4-3-7-17-12(14)11(16-13(9)17)10-5-2-6-15-8-10/h2-8H,14H2,1H3. The van der Waals surface area contributed by atoms with Crippen molar-refractivity contribution in [3.05, 3.63) is 48.4 Å². The molecule has 0 aliphatic rings. The number of aryl methyl sites for hydroxylation is 1. The SMILES string of the molecule is Cc1cccn2c(N)c(-c3cccnc3)nc12. The quantitative estimate of drug-likeness (QED) is 0.690. The van der Waals surface area contributed by atoms with E-state index in [9.17, 15) is 0 Å². The third-order valence-corrected chi connectivity index (χ3v) is 2.82. The molecule has 2 N–H and O–H groups in total. The van der Waals surface area contributed by atoms with Gasteiger partial charge in [-0.05, 0) is 30.7 Å². The average molecular weight is 224 g/mol. The average Bonchev–Trinajstić information content (AvgIpc) is 2.70. The van der Waals surface area contributed by atoms with Crippen LogP contribution in [0.4, 0.5) is 5.82 Å². The van der Waals surface area contributed by atoms with Gasteiger partial charge in [0.05, 0.1) is 0 Å². The van der Waals surface area contributed by atoms with Crippen LogP contribution in [0.15, 0.2) is 42.9 Å². The smallest absolute Gasteiger partial charge is 0.142 e. The maximum absolute atomic E-state index is 6.11. The van der Waals surface area contributed by atoms with Crippen LogP contribution in [0.1, 0.15) is 5.56 Å². The lowest BCUT2D eigenvalue weighted by Gasteiger charge is -1.98. The summed E-state index contributed by atoms with van der Waals surface area (Å²) < 4.78 is 1.90. The van der Waals surface area contributed by atoms with Crippen LogP contribution in [0.5, 0.6) is 0 Å². The Morgan fingerprint density at radius 3 is 2.82 bits per heavy atom. The number of hydrogen-bond acceptors (Lipinski definition) is 3. The van der Waals surface area contributed by atoms with Gasteiger partial charge in [-0.25, -0.2) is 4.98 Å². The Labute approximate surface area is 98.8 Å². The van der Waals surface area contributed by atoms with E-state index in [-0.39, 0.29) is 0 Å². The van der Waals surface area contributed by atoms with E-state index in [1.807, 2.05) is 41.8 Å². The Hall–Kier alpha value is -2.36. The van der Waals surface area contributed by atoms with Crippen molar-refractivity contribution in [1.82, 2.24) is 14.4 Å². The topological polar surface area (TPSA) is 56.2 Å². The van der Waals surface area contributed by atoms with Crippen molar-refractivity contribution in [3.63, 3.8) is 0 Å². The number of anilines is 1. The summed E-state index contributed by atoms with van der Waals surface area (Å²) in [6.07, 6.45) is 5.43. The van der Waals surface area contributed by atoms with Gasteiger partial charge in [-0.2, -0.15) is 0 Å². The van der Waals surface area contributed by atoms with Crippen LogP contribution in [0, 0.1) is 6.92 Å². The molecule has 0 fully saturated rings. The fourth-order valence-corrected chi connectivity index (χ4v) is 1.94. The zero-order valence-electron chi connectivity index (χ0n) is 9.46. The summed E-state index contributed by atoms with van der Waals surface area (Å²) in [4.78, 5) is 8.67. The Bertz CT molecular complexity index is 670. The van der Waals surface area contributed by atoms with Gasteiger partial charge >= 0.3 is 0 Å². The molecule has 3 rings (SSSR count). The summed E-state index contributed by atoms with van der Waals surface area (Å²) >= 11 is 0. The minimum Gasteiger partial charge on any atom is -0.383 e. The zero-order chi connectivity index (χ0) is 11.8. The number of rotatable bonds is 1. The lowest BCUT2D eigenvalue weighted by atomic mass is 10.2. The fourth-order valence-electron chi connectivity index (χ4n) is 1.94. The molecule has 0 aliphatic carbocycles. The number of nitrogen functional groups attached to an aromatic ring is 1. The largest absolute Gasteiger partial charge is 0.383 e. The minimum atomic E-state index is 0.650. The Balaban J connectivity index is 2.32. The van der Waals surface area contributed by atoms with Gasteiger partial charge in [0.25, 0.3) is 0 Å². The molecule has 84 valence electrons. The Morgan fingerprint density at radius 1 is 1.24 bits per heavy atom. The van der Waals surface area contributed by atoms with E-state index in [0.29, 0.717) is 5.82 Å². The number of nitrogens with zero attached hydrogens (tertiary/aromatic N) is 3. The van der Waals surface area contributed by atoms with Crippen LogP contribution in [0.25, 0.3) is 16.9 Å². The van der Waals surface area contributed by atoms with E-state index >= 15 is 0 Å². The maximum atomic E-state index is 6.11. The molecule has 0 saturated carbocycles. The first-order chi connectivity index (χ1) is 8.27. The number of fused-ring (bicyclic) bond motifs is 1. The molecule has 0 amide bonds. The van der Waals surface area contributed by atoms with Crippen molar-refractivity contribution in [2.75, 3.05) is 5.73 Å². The molecule has 17 heavy (non-hydrogen) atoms. The Morgan fingerprint density at radius 2 is 2.12 bits per heavy atom. The van der Waals surface area contributed by atoms with E-state index in [0.717, 1.165) is 22.5 Å². The van der Waals surface area contributed by atoms with Crippen LogP contribution < -0.4 is 5.73 Å². The first kappa shape index (κ1) is 9.84. The molecule has 0 aromatic carbocycles. The summed E-state index contributed by atoms with van der Waals surface area (Å²) in [5, 5.41) is 0. The lowest BCUT2D eigenvalue weighted by molar-refractivity contribution is 1.17. The van der Waals surface area contributed by atoms with Crippen molar-refractivity contribution in [1.29, 1.82) is 0 Å². The molecule has 3 heterocycles. The van der Waals surface area contributed by atoms with Crippen molar-refractivity contribution < 1.29 is 0 Å². The molecule has 0 aliphatic heterocycles. The molecule has 0 atom stereocenters. The number of hydrogen-bond donors (Lipinski definition) is 1. The summed E-state index contributed by atoms with van der Waals surface area (Å²) in [6, 6.07) is 7.83. The molecule has 0 radical (unpaired) electrons. The fraction of sp³-hybridized carbons (Fsp3) is 0.0769. The van der Waals surface area contributed by atoms with E-state index in [4.69, 9.17) is 5.73 Å². The van der Waals surface area contributed by atoms with Crippen LogP contribution in [-0.4, -0.2) is 14.4 Å². The highest BCUT2D eigenvalue weighted by Gasteiger charge is 2.11. The monoisotopic (exact) mass is 224 g/mol. The van der Waals surface area contributed by atoms with Crippen molar-refractivity contribution in [2.45, 2.75) is 6.92 Å². The highest BCUT2D eigenvalue weighted by atomic mass is 15.1. The molecule has 0 unspecified atom stereocenters. The molecule has 4 heteroatoms. The van der Waals surface area contributed by atoms with E-state index in [1.54, 1.807) is 12.4 Å². The van der Waals surface area contributed by atoms with E-state index < -0.39 is 0 Å². The lowest BCUT2D eigenvalue weighted by Crippen LogP contribution is -1.94. The zero-order valence-corrected chi connectivity index (χ0v) is 9.46. The third kappa shape index (κ3) is 1.45. The first-order valence-corrected chi connectivity index (χ1v) is 5.41. The van der Waals surface area contributed by atoms with Gasteiger partial charge in [0.15, 0.2) is 0 Å². The second kappa shape index (κ2) is 3.59. The predicted molar refractivity (Wildman–Crippen MR) is 67.6 cm³/mol. The van der Waals surface area contributed by atoms with Gasteiger partial charge < -0.3 is 5.73 Å². The summed E-state index contributed by atoms with van der Waals surface area (Å²) in [6.45, 7) is 2.02. The highest BCUT2D eigenvalue weighted by Crippen LogP contribution is 2.26. The van der Waals surface area contributed by atoms with Gasteiger partial charge in [-0.1, -0.05) is 6.07 Å².